The SMILES string of the molecule is CC1(C(=O)O)CCCN(C(=O)c2cc(Br)cs2)C1. The molecule has 2 heterocycles. The number of piperidine rings is 1. The number of hydrogen-bond donors (Lipinski definition) is 1. The first-order valence-electron chi connectivity index (χ1n) is 5.69. The van der Waals surface area contributed by atoms with Crippen molar-refractivity contribution in [1.29, 1.82) is 0 Å². The van der Waals surface area contributed by atoms with E-state index in [0.29, 0.717) is 17.8 Å². The number of likely N-dealkylation sites (tertiary alicyclic amines) is 1. The smallest absolute Gasteiger partial charge is 0.311 e. The summed E-state index contributed by atoms with van der Waals surface area (Å²) in [5.74, 6) is -0.898. The van der Waals surface area contributed by atoms with Gasteiger partial charge in [0.05, 0.1) is 10.3 Å². The van der Waals surface area contributed by atoms with Gasteiger partial charge < -0.3 is 10.0 Å². The number of carboxylic acid groups (broad SMARTS) is 1. The summed E-state index contributed by atoms with van der Waals surface area (Å²) in [7, 11) is 0. The molecule has 1 saturated heterocycles. The fourth-order valence-electron chi connectivity index (χ4n) is 2.17. The number of nitrogens with zero attached hydrogens (tertiary/aromatic N) is 1. The summed E-state index contributed by atoms with van der Waals surface area (Å²) in [5.41, 5.74) is -0.817. The largest absolute Gasteiger partial charge is 0.481 e. The molecule has 0 saturated carbocycles. The third-order valence-corrected chi connectivity index (χ3v) is 4.96. The van der Waals surface area contributed by atoms with Crippen LogP contribution in [0.25, 0.3) is 0 Å². The first-order chi connectivity index (χ1) is 8.42. The van der Waals surface area contributed by atoms with E-state index in [4.69, 9.17) is 0 Å². The highest BCUT2D eigenvalue weighted by Gasteiger charge is 2.39. The van der Waals surface area contributed by atoms with E-state index in [2.05, 4.69) is 15.9 Å². The fraction of sp³-hybridized carbons (Fsp3) is 0.500. The van der Waals surface area contributed by atoms with Gasteiger partial charge in [-0.25, -0.2) is 0 Å². The molecule has 98 valence electrons. The lowest BCUT2D eigenvalue weighted by molar-refractivity contribution is -0.150. The predicted octanol–water partition coefficient (Wildman–Crippen LogP) is 2.84. The molecule has 0 spiro atoms. The monoisotopic (exact) mass is 331 g/mol. The molecule has 0 radical (unpaired) electrons. The van der Waals surface area contributed by atoms with Crippen molar-refractivity contribution < 1.29 is 14.7 Å². The van der Waals surface area contributed by atoms with Gasteiger partial charge >= 0.3 is 5.97 Å². The quantitative estimate of drug-likeness (QED) is 0.906. The van der Waals surface area contributed by atoms with Crippen LogP contribution in [0.5, 0.6) is 0 Å². The molecule has 1 aliphatic heterocycles. The number of carboxylic acids is 1. The molecule has 1 fully saturated rings. The number of carbonyl (C=O) groups is 2. The summed E-state index contributed by atoms with van der Waals surface area (Å²) >= 11 is 4.69. The van der Waals surface area contributed by atoms with Crippen molar-refractivity contribution in [1.82, 2.24) is 4.90 Å². The van der Waals surface area contributed by atoms with Gasteiger partial charge in [0.1, 0.15) is 0 Å². The standard InChI is InChI=1S/C12H14BrNO3S/c1-12(11(16)17)3-2-4-14(7-12)10(15)9-5-8(13)6-18-9/h5-6H,2-4,7H2,1H3,(H,16,17). The topological polar surface area (TPSA) is 57.6 Å². The average molecular weight is 332 g/mol. The van der Waals surface area contributed by atoms with Crippen molar-refractivity contribution in [2.24, 2.45) is 5.41 Å². The second-order valence-corrected chi connectivity index (χ2v) is 6.65. The first-order valence-corrected chi connectivity index (χ1v) is 7.36. The molecule has 18 heavy (non-hydrogen) atoms. The van der Waals surface area contributed by atoms with E-state index in [1.54, 1.807) is 17.9 Å². The number of halogens is 1. The van der Waals surface area contributed by atoms with Crippen molar-refractivity contribution in [3.05, 3.63) is 20.8 Å². The maximum atomic E-state index is 12.2. The molecule has 1 atom stereocenters. The van der Waals surface area contributed by atoms with Gasteiger partial charge in [-0.15, -0.1) is 11.3 Å². The first kappa shape index (κ1) is 13.5. The molecule has 1 amide bonds. The summed E-state index contributed by atoms with van der Waals surface area (Å²) in [6.45, 7) is 2.63. The minimum absolute atomic E-state index is 0.0714. The molecule has 1 aliphatic rings. The van der Waals surface area contributed by atoms with Crippen molar-refractivity contribution in [2.75, 3.05) is 13.1 Å². The molecule has 1 unspecified atom stereocenters. The molecular weight excluding hydrogens is 318 g/mol. The van der Waals surface area contributed by atoms with Gasteiger partial charge in [-0.1, -0.05) is 0 Å². The number of aliphatic carboxylic acids is 1. The van der Waals surface area contributed by atoms with Gasteiger partial charge in [0, 0.05) is 22.9 Å². The summed E-state index contributed by atoms with van der Waals surface area (Å²) < 4.78 is 0.883. The number of amides is 1. The number of hydrogen-bond acceptors (Lipinski definition) is 3. The van der Waals surface area contributed by atoms with Crippen molar-refractivity contribution >= 4 is 39.1 Å². The van der Waals surface area contributed by atoms with Crippen LogP contribution in [0.4, 0.5) is 0 Å². The van der Waals surface area contributed by atoms with Crippen LogP contribution in [0.15, 0.2) is 15.9 Å². The highest BCUT2D eigenvalue weighted by atomic mass is 79.9. The van der Waals surface area contributed by atoms with E-state index in [-0.39, 0.29) is 12.5 Å². The highest BCUT2D eigenvalue weighted by molar-refractivity contribution is 9.10. The lowest BCUT2D eigenvalue weighted by atomic mass is 9.82. The Kier molecular flexibility index (Phi) is 3.77. The van der Waals surface area contributed by atoms with E-state index < -0.39 is 11.4 Å². The Labute approximate surface area is 118 Å². The summed E-state index contributed by atoms with van der Waals surface area (Å²) in [5, 5.41) is 11.1. The zero-order valence-corrected chi connectivity index (χ0v) is 12.4. The van der Waals surface area contributed by atoms with Crippen molar-refractivity contribution in [3.8, 4) is 0 Å². The molecule has 0 aliphatic carbocycles. The second-order valence-electron chi connectivity index (χ2n) is 4.83. The molecule has 1 aromatic heterocycles. The van der Waals surface area contributed by atoms with E-state index in [1.807, 2.05) is 5.38 Å². The predicted molar refractivity (Wildman–Crippen MR) is 72.9 cm³/mol. The van der Waals surface area contributed by atoms with Crippen LogP contribution in [0.1, 0.15) is 29.4 Å². The van der Waals surface area contributed by atoms with Crippen LogP contribution in [-0.2, 0) is 4.79 Å². The molecule has 4 nitrogen and oxygen atoms in total. The molecular formula is C12H14BrNO3S. The number of carbonyl (C=O) groups excluding carboxylic acids is 1. The Bertz CT molecular complexity index is 487. The highest BCUT2D eigenvalue weighted by Crippen LogP contribution is 2.31. The van der Waals surface area contributed by atoms with Gasteiger partial charge in [0.15, 0.2) is 0 Å². The average Bonchev–Trinajstić information content (AvgIpc) is 2.75. The minimum atomic E-state index is -0.827. The van der Waals surface area contributed by atoms with Crippen molar-refractivity contribution in [2.45, 2.75) is 19.8 Å². The van der Waals surface area contributed by atoms with Crippen LogP contribution in [0, 0.1) is 5.41 Å². The Morgan fingerprint density at radius 1 is 1.56 bits per heavy atom. The van der Waals surface area contributed by atoms with E-state index >= 15 is 0 Å². The maximum absolute atomic E-state index is 12.2. The van der Waals surface area contributed by atoms with E-state index in [9.17, 15) is 14.7 Å². The van der Waals surface area contributed by atoms with Gasteiger partial charge in [0.25, 0.3) is 5.91 Å². The molecule has 1 aromatic rings. The number of thiophene rings is 1. The third kappa shape index (κ3) is 2.59. The normalized spacial score (nSPS) is 24.0. The Morgan fingerprint density at radius 3 is 2.83 bits per heavy atom. The number of rotatable bonds is 2. The van der Waals surface area contributed by atoms with Crippen LogP contribution in [0.3, 0.4) is 0 Å². The molecule has 0 aromatic carbocycles. The van der Waals surface area contributed by atoms with Crippen LogP contribution in [-0.4, -0.2) is 35.0 Å². The van der Waals surface area contributed by atoms with Crippen LogP contribution < -0.4 is 0 Å². The van der Waals surface area contributed by atoms with Crippen LogP contribution in [0.2, 0.25) is 0 Å². The molecule has 0 bridgehead atoms. The zero-order valence-electron chi connectivity index (χ0n) is 9.98. The Balaban J connectivity index is 2.14. The van der Waals surface area contributed by atoms with Gasteiger partial charge in [-0.05, 0) is 41.8 Å². The summed E-state index contributed by atoms with van der Waals surface area (Å²) in [6, 6.07) is 1.78. The van der Waals surface area contributed by atoms with Gasteiger partial charge in [-0.2, -0.15) is 0 Å². The van der Waals surface area contributed by atoms with Crippen molar-refractivity contribution in [3.63, 3.8) is 0 Å². The molecule has 2 rings (SSSR count). The maximum Gasteiger partial charge on any atom is 0.311 e. The Hall–Kier alpha value is -0.880. The van der Waals surface area contributed by atoms with Gasteiger partial charge in [0.2, 0.25) is 0 Å². The lowest BCUT2D eigenvalue weighted by Gasteiger charge is -2.37. The summed E-state index contributed by atoms with van der Waals surface area (Å²) in [6.07, 6.45) is 1.36. The fourth-order valence-corrected chi connectivity index (χ4v) is 3.56. The molecule has 6 heteroatoms. The zero-order chi connectivity index (χ0) is 13.3. The van der Waals surface area contributed by atoms with E-state index in [0.717, 1.165) is 10.9 Å². The lowest BCUT2D eigenvalue weighted by Crippen LogP contribution is -2.48. The minimum Gasteiger partial charge on any atom is -0.481 e. The van der Waals surface area contributed by atoms with Gasteiger partial charge in [-0.3, -0.25) is 9.59 Å². The second kappa shape index (κ2) is 5.01. The third-order valence-electron chi connectivity index (χ3n) is 3.28. The van der Waals surface area contributed by atoms with Crippen LogP contribution >= 0.6 is 27.3 Å². The van der Waals surface area contributed by atoms with E-state index in [1.165, 1.54) is 11.3 Å². The Morgan fingerprint density at radius 2 is 2.28 bits per heavy atom. The summed E-state index contributed by atoms with van der Waals surface area (Å²) in [4.78, 5) is 25.8. The molecule has 1 N–H and O–H groups in total.